The Bertz CT molecular complexity index is 625. The van der Waals surface area contributed by atoms with Gasteiger partial charge in [-0.2, -0.15) is 12.1 Å². The number of rotatable bonds is 4. The monoisotopic (exact) mass is 351 g/mol. The van der Waals surface area contributed by atoms with Gasteiger partial charge in [0.1, 0.15) is 0 Å². The molecule has 1 aromatic carbocycles. The van der Waals surface area contributed by atoms with Gasteiger partial charge in [0.2, 0.25) is 0 Å². The van der Waals surface area contributed by atoms with Crippen LogP contribution in [0.5, 0.6) is 0 Å². The van der Waals surface area contributed by atoms with E-state index in [9.17, 15) is 13.6 Å². The quantitative estimate of drug-likeness (QED) is 0.776. The van der Waals surface area contributed by atoms with E-state index in [0.29, 0.717) is 5.69 Å². The van der Waals surface area contributed by atoms with Crippen molar-refractivity contribution in [2.75, 3.05) is 0 Å². The van der Waals surface area contributed by atoms with Crippen LogP contribution < -0.4 is 5.56 Å². The van der Waals surface area contributed by atoms with Gasteiger partial charge < -0.3 is 4.57 Å². The van der Waals surface area contributed by atoms with Gasteiger partial charge in [0, 0.05) is 32.7 Å². The molecule has 0 bridgehead atoms. The number of aryl methyl sites for hydroxylation is 1. The molecule has 2 rings (SSSR count). The first kappa shape index (κ1) is 17.2. The van der Waals surface area contributed by atoms with Gasteiger partial charge in [0.15, 0.2) is 5.56 Å². The number of benzene rings is 1. The fourth-order valence-corrected chi connectivity index (χ4v) is 2.07. The van der Waals surface area contributed by atoms with Crippen LogP contribution in [0.3, 0.4) is 0 Å². The van der Waals surface area contributed by atoms with Crippen LogP contribution >= 0.6 is 0 Å². The number of hydrogen-bond acceptors (Lipinski definition) is 1. The number of aromatic nitrogens is 1. The average molecular weight is 351 g/mol. The molecule has 0 spiro atoms. The molecule has 1 aromatic heterocycles. The summed E-state index contributed by atoms with van der Waals surface area (Å²) in [6.07, 6.45) is -1.80. The molecule has 0 amide bonds. The second kappa shape index (κ2) is 7.79. The van der Waals surface area contributed by atoms with E-state index in [1.54, 1.807) is 0 Å². The van der Waals surface area contributed by atoms with Gasteiger partial charge in [-0.15, -0.1) is 6.07 Å². The van der Waals surface area contributed by atoms with E-state index >= 15 is 0 Å². The van der Waals surface area contributed by atoms with Crippen molar-refractivity contribution in [2.45, 2.75) is 26.3 Å². The number of halogens is 2. The fraction of sp³-hybridized carbons (Fsp3) is 0.267. The molecule has 20 heavy (non-hydrogen) atoms. The van der Waals surface area contributed by atoms with E-state index in [-0.39, 0.29) is 32.7 Å². The smallest absolute Gasteiger partial charge is 0.256 e. The van der Waals surface area contributed by atoms with E-state index in [4.69, 9.17) is 0 Å². The van der Waals surface area contributed by atoms with E-state index in [0.717, 1.165) is 22.1 Å². The maximum atomic E-state index is 12.6. The summed E-state index contributed by atoms with van der Waals surface area (Å²) in [5.41, 5.74) is 1.78. The number of pyridine rings is 1. The van der Waals surface area contributed by atoms with Crippen molar-refractivity contribution in [3.05, 3.63) is 58.4 Å². The maximum Gasteiger partial charge on any atom is 0.256 e. The van der Waals surface area contributed by atoms with Crippen LogP contribution in [0.15, 0.2) is 41.2 Å². The molecule has 103 valence electrons. The molecule has 2 nitrogen and oxygen atoms in total. The normalized spacial score (nSPS) is 10.4. The summed E-state index contributed by atoms with van der Waals surface area (Å²) in [6, 6.07) is 13.1. The summed E-state index contributed by atoms with van der Waals surface area (Å²) >= 11 is 0. The van der Waals surface area contributed by atoms with Gasteiger partial charge >= 0.3 is 0 Å². The summed E-state index contributed by atoms with van der Waals surface area (Å²) in [5, 5.41) is 0. The van der Waals surface area contributed by atoms with Gasteiger partial charge in [-0.3, -0.25) is 4.79 Å². The molecule has 0 aliphatic carbocycles. The molecule has 0 saturated heterocycles. The van der Waals surface area contributed by atoms with Crippen molar-refractivity contribution in [3.63, 3.8) is 0 Å². The first-order valence-electron chi connectivity index (χ1n) is 6.11. The van der Waals surface area contributed by atoms with Crippen LogP contribution in [0.4, 0.5) is 8.78 Å². The molecule has 0 saturated carbocycles. The minimum Gasteiger partial charge on any atom is -0.337 e. The molecule has 0 fully saturated rings. The Kier molecular flexibility index (Phi) is 6.70. The SMILES string of the molecule is CCc1ccccc1-c1[c-]ccc(=O)n1CC(F)F.[Y]. The van der Waals surface area contributed by atoms with Crippen molar-refractivity contribution in [2.24, 2.45) is 0 Å². The van der Waals surface area contributed by atoms with Crippen LogP contribution in [0.2, 0.25) is 0 Å². The summed E-state index contributed by atoms with van der Waals surface area (Å²) in [5.74, 6) is 0. The maximum absolute atomic E-state index is 12.6. The van der Waals surface area contributed by atoms with Gasteiger partial charge in [-0.25, -0.2) is 8.78 Å². The molecule has 0 aliphatic rings. The Morgan fingerprint density at radius 2 is 1.95 bits per heavy atom. The first-order valence-corrected chi connectivity index (χ1v) is 6.11. The predicted molar refractivity (Wildman–Crippen MR) is 70.4 cm³/mol. The van der Waals surface area contributed by atoms with Crippen molar-refractivity contribution in [3.8, 4) is 11.3 Å². The molecule has 0 aliphatic heterocycles. The van der Waals surface area contributed by atoms with Crippen molar-refractivity contribution < 1.29 is 41.5 Å². The minimum atomic E-state index is -2.57. The van der Waals surface area contributed by atoms with E-state index in [1.807, 2.05) is 31.2 Å². The molecule has 2 aromatic rings. The summed E-state index contributed by atoms with van der Waals surface area (Å²) in [7, 11) is 0. The molecule has 5 heteroatoms. The molecule has 0 atom stereocenters. The van der Waals surface area contributed by atoms with Crippen LogP contribution in [-0.2, 0) is 45.7 Å². The Labute approximate surface area is 141 Å². The van der Waals surface area contributed by atoms with Crippen molar-refractivity contribution in [1.82, 2.24) is 4.57 Å². The van der Waals surface area contributed by atoms with Crippen molar-refractivity contribution >= 4 is 0 Å². The van der Waals surface area contributed by atoms with Gasteiger partial charge in [-0.1, -0.05) is 48.0 Å². The predicted octanol–water partition coefficient (Wildman–Crippen LogP) is 3.14. The van der Waals surface area contributed by atoms with E-state index in [1.165, 1.54) is 12.1 Å². The molecule has 1 heterocycles. The first-order chi connectivity index (χ1) is 9.13. The zero-order valence-corrected chi connectivity index (χ0v) is 14.0. The van der Waals surface area contributed by atoms with Crippen LogP contribution in [0.1, 0.15) is 12.5 Å². The zero-order valence-electron chi connectivity index (χ0n) is 11.1. The number of nitrogens with zero attached hydrogens (tertiary/aromatic N) is 1. The summed E-state index contributed by atoms with van der Waals surface area (Å²) < 4.78 is 26.3. The zero-order chi connectivity index (χ0) is 13.8. The minimum absolute atomic E-state index is 0. The standard InChI is InChI=1S/C15H14F2NO.Y/c1-2-11-6-3-4-7-12(11)13-8-5-9-15(19)18(13)10-14(16)17;/h3-7,9,14H,2,10H2,1H3;/q-1;. The fourth-order valence-electron chi connectivity index (χ4n) is 2.07. The van der Waals surface area contributed by atoms with Crippen molar-refractivity contribution in [1.29, 1.82) is 0 Å². The molecular weight excluding hydrogens is 337 g/mol. The Balaban J connectivity index is 0.00000200. The van der Waals surface area contributed by atoms with E-state index < -0.39 is 18.5 Å². The number of alkyl halides is 2. The van der Waals surface area contributed by atoms with Gasteiger partial charge in [0.05, 0.1) is 6.54 Å². The second-order valence-electron chi connectivity index (χ2n) is 4.18. The Morgan fingerprint density at radius 1 is 1.25 bits per heavy atom. The topological polar surface area (TPSA) is 22.0 Å². The average Bonchev–Trinajstić information content (AvgIpc) is 2.40. The molecule has 1 radical (unpaired) electrons. The van der Waals surface area contributed by atoms with Gasteiger partial charge in [-0.05, 0) is 6.42 Å². The van der Waals surface area contributed by atoms with Crippen LogP contribution in [-0.4, -0.2) is 11.0 Å². The largest absolute Gasteiger partial charge is 0.337 e. The third-order valence-corrected chi connectivity index (χ3v) is 2.96. The third-order valence-electron chi connectivity index (χ3n) is 2.96. The number of hydrogen-bond donors (Lipinski definition) is 0. The summed E-state index contributed by atoms with van der Waals surface area (Å²) in [6.45, 7) is 1.38. The Hall–Kier alpha value is -0.866. The molecule has 0 N–H and O–H groups in total. The molecular formula is C15H14F2NOY-. The molecule has 0 unspecified atom stereocenters. The van der Waals surface area contributed by atoms with Crippen LogP contribution in [0.25, 0.3) is 11.3 Å². The third kappa shape index (κ3) is 3.83. The van der Waals surface area contributed by atoms with Crippen LogP contribution in [0, 0.1) is 6.07 Å². The van der Waals surface area contributed by atoms with E-state index in [2.05, 4.69) is 6.07 Å². The Morgan fingerprint density at radius 3 is 2.60 bits per heavy atom. The summed E-state index contributed by atoms with van der Waals surface area (Å²) in [4.78, 5) is 11.8. The van der Waals surface area contributed by atoms with Gasteiger partial charge in [0.25, 0.3) is 6.43 Å². The second-order valence-corrected chi connectivity index (χ2v) is 4.18.